The van der Waals surface area contributed by atoms with Crippen LogP contribution in [0.5, 0.6) is 0 Å². The molecule has 4 rings (SSSR count). The number of amides is 1. The van der Waals surface area contributed by atoms with E-state index in [0.29, 0.717) is 29.5 Å². The number of fused-ring (bicyclic) bond motifs is 1. The number of thiophene rings is 2. The highest BCUT2D eigenvalue weighted by Crippen LogP contribution is 2.53. The van der Waals surface area contributed by atoms with Gasteiger partial charge in [0.05, 0.1) is 25.5 Å². The fourth-order valence-corrected chi connectivity index (χ4v) is 8.64. The molecule has 1 aliphatic carbocycles. The van der Waals surface area contributed by atoms with Gasteiger partial charge in [-0.3, -0.25) is 9.59 Å². The molecule has 39 heavy (non-hydrogen) atoms. The number of allylic oxidation sites excluding steroid dienone is 1. The fourth-order valence-electron chi connectivity index (χ4n) is 6.22. The van der Waals surface area contributed by atoms with E-state index in [1.165, 1.54) is 37.0 Å². The number of halogens is 1. The minimum atomic E-state index is -0.231. The van der Waals surface area contributed by atoms with Crippen LogP contribution >= 0.6 is 38.6 Å². The van der Waals surface area contributed by atoms with Crippen molar-refractivity contribution in [2.24, 2.45) is 17.8 Å². The molecule has 2 unspecified atom stereocenters. The van der Waals surface area contributed by atoms with Gasteiger partial charge in [-0.15, -0.1) is 22.7 Å². The largest absolute Gasteiger partial charge is 0.306 e. The van der Waals surface area contributed by atoms with E-state index in [4.69, 9.17) is 0 Å². The normalized spacial score (nSPS) is 19.0. The van der Waals surface area contributed by atoms with Crippen molar-refractivity contribution in [3.63, 3.8) is 0 Å². The average Bonchev–Trinajstić information content (AvgIpc) is 3.67. The Morgan fingerprint density at radius 3 is 2.13 bits per heavy atom. The van der Waals surface area contributed by atoms with Gasteiger partial charge in [0.2, 0.25) is 0 Å². The Morgan fingerprint density at radius 1 is 0.846 bits per heavy atom. The third kappa shape index (κ3) is 6.54. The lowest BCUT2D eigenvalue weighted by Crippen LogP contribution is -2.31. The number of hydrogen-bond acceptors (Lipinski definition) is 4. The van der Waals surface area contributed by atoms with Crippen molar-refractivity contribution in [3.05, 3.63) is 53.8 Å². The molecule has 212 valence electrons. The molecular formula is C33H44BrNO2S2. The van der Waals surface area contributed by atoms with Gasteiger partial charge < -0.3 is 4.90 Å². The van der Waals surface area contributed by atoms with E-state index < -0.39 is 0 Å². The predicted octanol–water partition coefficient (Wildman–Crippen LogP) is 10.3. The van der Waals surface area contributed by atoms with Crippen molar-refractivity contribution in [3.8, 4) is 0 Å². The van der Waals surface area contributed by atoms with E-state index in [1.807, 2.05) is 11.0 Å². The first-order valence-electron chi connectivity index (χ1n) is 15.0. The molecule has 3 nitrogen and oxygen atoms in total. The Morgan fingerprint density at radius 2 is 1.54 bits per heavy atom. The minimum absolute atomic E-state index is 0.0389. The number of carbonyl (C=O) groups is 2. The number of ketones is 1. The highest BCUT2D eigenvalue weighted by atomic mass is 79.9. The van der Waals surface area contributed by atoms with E-state index >= 15 is 0 Å². The Balaban J connectivity index is 1.83. The Bertz CT molecular complexity index is 1240. The second-order valence-corrected chi connectivity index (χ2v) is 15.0. The molecule has 0 fully saturated rings. The molecule has 2 aromatic heterocycles. The zero-order valence-electron chi connectivity index (χ0n) is 24.3. The topological polar surface area (TPSA) is 37.4 Å². The molecule has 1 amide bonds. The summed E-state index contributed by atoms with van der Waals surface area (Å²) in [4.78, 5) is 34.2. The molecule has 0 saturated carbocycles. The first kappa shape index (κ1) is 30.5. The lowest BCUT2D eigenvalue weighted by Gasteiger charge is -2.27. The molecule has 2 aliphatic rings. The number of nitrogens with zero attached hydrogens (tertiary/aromatic N) is 1. The monoisotopic (exact) mass is 629 g/mol. The summed E-state index contributed by atoms with van der Waals surface area (Å²) in [6.07, 6.45) is 11.1. The summed E-state index contributed by atoms with van der Waals surface area (Å²) in [6.45, 7) is 11.7. The van der Waals surface area contributed by atoms with Gasteiger partial charge in [-0.1, -0.05) is 79.1 Å². The summed E-state index contributed by atoms with van der Waals surface area (Å²) in [5, 5.41) is 0. The Hall–Kier alpha value is -1.50. The van der Waals surface area contributed by atoms with Gasteiger partial charge in [0.25, 0.3) is 5.91 Å². The molecule has 2 aromatic rings. The number of hydrogen-bond donors (Lipinski definition) is 0. The van der Waals surface area contributed by atoms with Crippen molar-refractivity contribution >= 4 is 61.6 Å². The van der Waals surface area contributed by atoms with Crippen molar-refractivity contribution in [2.45, 2.75) is 98.8 Å². The van der Waals surface area contributed by atoms with Crippen LogP contribution in [-0.2, 0) is 9.59 Å². The van der Waals surface area contributed by atoms with Crippen LogP contribution in [0.4, 0.5) is 0 Å². The summed E-state index contributed by atoms with van der Waals surface area (Å²) >= 11 is 6.98. The van der Waals surface area contributed by atoms with Crippen LogP contribution in [0.1, 0.15) is 107 Å². The smallest absolute Gasteiger partial charge is 0.259 e. The highest BCUT2D eigenvalue weighted by molar-refractivity contribution is 9.11. The van der Waals surface area contributed by atoms with Crippen LogP contribution in [0.2, 0.25) is 0 Å². The molecule has 0 spiro atoms. The van der Waals surface area contributed by atoms with E-state index in [9.17, 15) is 9.59 Å². The quantitative estimate of drug-likeness (QED) is 0.184. The number of aryl methyl sites for hydroxylation is 1. The van der Waals surface area contributed by atoms with E-state index in [-0.39, 0.29) is 17.6 Å². The molecular weight excluding hydrogens is 586 g/mol. The predicted molar refractivity (Wildman–Crippen MR) is 171 cm³/mol. The number of unbranched alkanes of at least 4 members (excludes halogenated alkanes) is 3. The van der Waals surface area contributed by atoms with Gasteiger partial charge in [0.15, 0.2) is 5.78 Å². The summed E-state index contributed by atoms with van der Waals surface area (Å²) in [5.74, 6) is 0.887. The lowest BCUT2D eigenvalue weighted by molar-refractivity contribution is -0.123. The van der Waals surface area contributed by atoms with Crippen LogP contribution in [-0.4, -0.2) is 23.1 Å². The first-order chi connectivity index (χ1) is 18.8. The molecule has 3 heterocycles. The van der Waals surface area contributed by atoms with Crippen LogP contribution in [0, 0.1) is 24.7 Å². The summed E-state index contributed by atoms with van der Waals surface area (Å²) in [5.41, 5.74) is 3.25. The molecule has 0 bridgehead atoms. The maximum Gasteiger partial charge on any atom is 0.259 e. The lowest BCUT2D eigenvalue weighted by atomic mass is 9.84. The van der Waals surface area contributed by atoms with Crippen molar-refractivity contribution in [1.82, 2.24) is 4.90 Å². The second kappa shape index (κ2) is 13.9. The van der Waals surface area contributed by atoms with Gasteiger partial charge in [0.1, 0.15) is 0 Å². The average molecular weight is 631 g/mol. The fraction of sp³-hybridized carbons (Fsp3) is 0.576. The summed E-state index contributed by atoms with van der Waals surface area (Å²) in [6, 6.07) is 8.37. The molecule has 0 saturated heterocycles. The van der Waals surface area contributed by atoms with Gasteiger partial charge in [0, 0.05) is 22.2 Å². The van der Waals surface area contributed by atoms with Crippen molar-refractivity contribution in [1.29, 1.82) is 0 Å². The van der Waals surface area contributed by atoms with E-state index in [0.717, 1.165) is 56.9 Å². The third-order valence-electron chi connectivity index (χ3n) is 8.56. The van der Waals surface area contributed by atoms with Crippen LogP contribution < -0.4 is 0 Å². The molecule has 0 N–H and O–H groups in total. The zero-order valence-corrected chi connectivity index (χ0v) is 27.5. The maximum absolute atomic E-state index is 14.5. The van der Waals surface area contributed by atoms with Gasteiger partial charge in [-0.05, 0) is 77.4 Å². The maximum atomic E-state index is 14.5. The Kier molecular flexibility index (Phi) is 10.9. The number of Topliss-reactive ketones (excluding diaryl/α,β-unsaturated/α-hetero) is 1. The number of carbonyl (C=O) groups excluding carboxylic acids is 2. The van der Waals surface area contributed by atoms with Crippen LogP contribution in [0.25, 0.3) is 11.3 Å². The second-order valence-electron chi connectivity index (χ2n) is 11.3. The van der Waals surface area contributed by atoms with Crippen LogP contribution in [0.3, 0.4) is 0 Å². The molecule has 0 radical (unpaired) electrons. The zero-order chi connectivity index (χ0) is 28.1. The van der Waals surface area contributed by atoms with Gasteiger partial charge in [-0.25, -0.2) is 0 Å². The van der Waals surface area contributed by atoms with Gasteiger partial charge in [-0.2, -0.15) is 0 Å². The van der Waals surface area contributed by atoms with Crippen LogP contribution in [0.15, 0.2) is 39.2 Å². The van der Waals surface area contributed by atoms with E-state index in [1.54, 1.807) is 22.7 Å². The minimum Gasteiger partial charge on any atom is -0.306 e. The third-order valence-corrected chi connectivity index (χ3v) is 11.2. The standard InChI is InChI=1S/C33H44BrNO2S2/c1-6-10-12-14-23(9-4)20-35-31(26-17-18-27(34)39-26)30-29(33(35)37)28(25-16-15-21(5)38-25)24(32(30)36)19-22(8-3)13-11-7-2/h15-18,22-24H,6-14,19-20H2,1-5H3/t22?,23?,24-/m0/s1. The molecule has 6 heteroatoms. The molecule has 3 atom stereocenters. The number of rotatable bonds is 15. The van der Waals surface area contributed by atoms with Crippen molar-refractivity contribution in [2.75, 3.05) is 6.54 Å². The van der Waals surface area contributed by atoms with E-state index in [2.05, 4.69) is 68.7 Å². The van der Waals surface area contributed by atoms with Crippen molar-refractivity contribution < 1.29 is 9.59 Å². The highest BCUT2D eigenvalue weighted by Gasteiger charge is 2.50. The SMILES string of the molecule is CCCCCC(CC)CN1C(=O)C2=C(c3ccc(C)s3)[C@H](CC(CC)CCCC)C(=O)C2=C1c1ccc(Br)s1. The van der Waals surface area contributed by atoms with Gasteiger partial charge >= 0.3 is 0 Å². The summed E-state index contributed by atoms with van der Waals surface area (Å²) in [7, 11) is 0. The summed E-state index contributed by atoms with van der Waals surface area (Å²) < 4.78 is 1.02. The first-order valence-corrected chi connectivity index (χ1v) is 17.4. The Labute approximate surface area is 251 Å². The molecule has 1 aliphatic heterocycles. The molecule has 0 aromatic carbocycles.